The molecule has 3 aromatic rings. The van der Waals surface area contributed by atoms with Crippen LogP contribution >= 0.6 is 0 Å². The van der Waals surface area contributed by atoms with Gasteiger partial charge >= 0.3 is 0 Å². The highest BCUT2D eigenvalue weighted by molar-refractivity contribution is 6.10. The molecule has 0 fully saturated rings. The Kier molecular flexibility index (Phi) is 3.31. The number of benzene rings is 1. The first kappa shape index (κ1) is 13.2. The van der Waals surface area contributed by atoms with Crippen LogP contribution in [0.5, 0.6) is 11.6 Å². The highest BCUT2D eigenvalue weighted by Crippen LogP contribution is 2.20. The van der Waals surface area contributed by atoms with Gasteiger partial charge in [-0.15, -0.1) is 0 Å². The Bertz CT molecular complexity index is 808. The number of carbonyl (C=O) groups excluding carboxylic acids is 1. The van der Waals surface area contributed by atoms with Crippen LogP contribution in [0.15, 0.2) is 42.5 Å². The van der Waals surface area contributed by atoms with E-state index >= 15 is 0 Å². The number of pyridine rings is 1. The summed E-state index contributed by atoms with van der Waals surface area (Å²) < 4.78 is 10.2. The fourth-order valence-electron chi connectivity index (χ4n) is 2.15. The molecule has 0 saturated heterocycles. The van der Waals surface area contributed by atoms with Gasteiger partial charge in [0.2, 0.25) is 11.7 Å². The molecule has 21 heavy (non-hydrogen) atoms. The first-order valence-electron chi connectivity index (χ1n) is 6.44. The van der Waals surface area contributed by atoms with Crippen molar-refractivity contribution in [3.8, 4) is 11.6 Å². The Morgan fingerprint density at radius 1 is 1.10 bits per heavy atom. The van der Waals surface area contributed by atoms with E-state index in [4.69, 9.17) is 9.47 Å². The van der Waals surface area contributed by atoms with Crippen molar-refractivity contribution in [3.05, 3.63) is 53.7 Å². The van der Waals surface area contributed by atoms with Crippen molar-refractivity contribution in [2.75, 3.05) is 14.2 Å². The number of aromatic amines is 1. The summed E-state index contributed by atoms with van der Waals surface area (Å²) in [6, 6.07) is 12.4. The third-order valence-corrected chi connectivity index (χ3v) is 3.24. The number of H-pyrrole nitrogens is 1. The van der Waals surface area contributed by atoms with Crippen LogP contribution in [0.2, 0.25) is 0 Å². The minimum Gasteiger partial charge on any atom is -0.497 e. The smallest absolute Gasteiger partial charge is 0.213 e. The molecule has 0 saturated carbocycles. The van der Waals surface area contributed by atoms with Gasteiger partial charge in [-0.3, -0.25) is 4.79 Å². The number of methoxy groups -OCH3 is 2. The molecule has 2 aromatic heterocycles. The Balaban J connectivity index is 2.00. The third kappa shape index (κ3) is 2.45. The van der Waals surface area contributed by atoms with Crippen LogP contribution in [0.25, 0.3) is 11.0 Å². The van der Waals surface area contributed by atoms with E-state index in [9.17, 15) is 4.79 Å². The minimum atomic E-state index is -0.106. The molecule has 0 atom stereocenters. The fraction of sp³-hybridized carbons (Fsp3) is 0.125. The van der Waals surface area contributed by atoms with Crippen LogP contribution in [0.1, 0.15) is 16.1 Å². The summed E-state index contributed by atoms with van der Waals surface area (Å²) in [5.74, 6) is 1.06. The van der Waals surface area contributed by atoms with Crippen LogP contribution < -0.4 is 9.47 Å². The van der Waals surface area contributed by atoms with Gasteiger partial charge in [0.1, 0.15) is 5.75 Å². The molecule has 3 rings (SSSR count). The number of ketones is 1. The standard InChI is InChI=1S/C16H14N2O3/c1-20-11-5-3-4-10(8-11)16(19)14-9-13-12(17-14)6-7-15(18-13)21-2/h3-9,17H,1-2H3. The van der Waals surface area contributed by atoms with Gasteiger partial charge in [0.25, 0.3) is 0 Å². The zero-order chi connectivity index (χ0) is 14.8. The number of nitrogens with one attached hydrogen (secondary N) is 1. The lowest BCUT2D eigenvalue weighted by Gasteiger charge is -2.02. The zero-order valence-electron chi connectivity index (χ0n) is 11.7. The van der Waals surface area contributed by atoms with Crippen molar-refractivity contribution in [3.63, 3.8) is 0 Å². The maximum Gasteiger partial charge on any atom is 0.213 e. The van der Waals surface area contributed by atoms with Gasteiger partial charge in [0.15, 0.2) is 0 Å². The predicted octanol–water partition coefficient (Wildman–Crippen LogP) is 2.81. The molecule has 5 heteroatoms. The predicted molar refractivity (Wildman–Crippen MR) is 79.1 cm³/mol. The highest BCUT2D eigenvalue weighted by atomic mass is 16.5. The summed E-state index contributed by atoms with van der Waals surface area (Å²) in [6.45, 7) is 0. The zero-order valence-corrected chi connectivity index (χ0v) is 11.7. The molecule has 0 aliphatic carbocycles. The Morgan fingerprint density at radius 3 is 2.71 bits per heavy atom. The third-order valence-electron chi connectivity index (χ3n) is 3.24. The normalized spacial score (nSPS) is 10.6. The number of carbonyl (C=O) groups is 1. The van der Waals surface area contributed by atoms with Crippen LogP contribution in [-0.2, 0) is 0 Å². The summed E-state index contributed by atoms with van der Waals surface area (Å²) in [6.07, 6.45) is 0. The van der Waals surface area contributed by atoms with Gasteiger partial charge in [0.05, 0.1) is 30.9 Å². The molecule has 0 bridgehead atoms. The molecule has 0 aliphatic rings. The lowest BCUT2D eigenvalue weighted by atomic mass is 10.1. The highest BCUT2D eigenvalue weighted by Gasteiger charge is 2.13. The molecular formula is C16H14N2O3. The molecule has 5 nitrogen and oxygen atoms in total. The average Bonchev–Trinajstić information content (AvgIpc) is 2.97. The van der Waals surface area contributed by atoms with Gasteiger partial charge in [-0.1, -0.05) is 12.1 Å². The van der Waals surface area contributed by atoms with E-state index in [0.29, 0.717) is 28.4 Å². The number of nitrogens with zero attached hydrogens (tertiary/aromatic N) is 1. The summed E-state index contributed by atoms with van der Waals surface area (Å²) in [5.41, 5.74) is 2.54. The maximum atomic E-state index is 12.5. The van der Waals surface area contributed by atoms with Crippen LogP contribution in [0.4, 0.5) is 0 Å². The van der Waals surface area contributed by atoms with E-state index in [2.05, 4.69) is 9.97 Å². The van der Waals surface area contributed by atoms with Gasteiger partial charge in [-0.2, -0.15) is 0 Å². The number of hydrogen-bond donors (Lipinski definition) is 1. The maximum absolute atomic E-state index is 12.5. The summed E-state index contributed by atoms with van der Waals surface area (Å²) in [5, 5.41) is 0. The van der Waals surface area contributed by atoms with E-state index in [1.165, 1.54) is 0 Å². The first-order chi connectivity index (χ1) is 10.2. The number of ether oxygens (including phenoxy) is 2. The van der Waals surface area contributed by atoms with E-state index in [1.54, 1.807) is 50.6 Å². The van der Waals surface area contributed by atoms with Crippen molar-refractivity contribution in [2.24, 2.45) is 0 Å². The van der Waals surface area contributed by atoms with E-state index in [0.717, 1.165) is 5.52 Å². The van der Waals surface area contributed by atoms with Crippen molar-refractivity contribution >= 4 is 16.8 Å². The molecule has 0 aliphatic heterocycles. The van der Waals surface area contributed by atoms with Crippen molar-refractivity contribution in [1.82, 2.24) is 9.97 Å². The van der Waals surface area contributed by atoms with E-state index < -0.39 is 0 Å². The van der Waals surface area contributed by atoms with Crippen molar-refractivity contribution < 1.29 is 14.3 Å². The van der Waals surface area contributed by atoms with Crippen molar-refractivity contribution in [1.29, 1.82) is 0 Å². The summed E-state index contributed by atoms with van der Waals surface area (Å²) >= 11 is 0. The first-order valence-corrected chi connectivity index (χ1v) is 6.44. The molecule has 1 aromatic carbocycles. The molecule has 0 spiro atoms. The monoisotopic (exact) mass is 282 g/mol. The Morgan fingerprint density at radius 2 is 1.95 bits per heavy atom. The fourth-order valence-corrected chi connectivity index (χ4v) is 2.15. The number of rotatable bonds is 4. The molecule has 106 valence electrons. The summed E-state index contributed by atoms with van der Waals surface area (Å²) in [7, 11) is 3.13. The lowest BCUT2D eigenvalue weighted by Crippen LogP contribution is -2.01. The molecule has 0 amide bonds. The van der Waals surface area contributed by atoms with E-state index in [1.807, 2.05) is 6.07 Å². The second-order valence-electron chi connectivity index (χ2n) is 4.53. The van der Waals surface area contributed by atoms with Gasteiger partial charge in [0, 0.05) is 11.6 Å². The number of fused-ring (bicyclic) bond motifs is 1. The molecule has 1 N–H and O–H groups in total. The Hall–Kier alpha value is -2.82. The van der Waals surface area contributed by atoms with Gasteiger partial charge in [-0.25, -0.2) is 4.98 Å². The molecule has 0 unspecified atom stereocenters. The second-order valence-corrected chi connectivity index (χ2v) is 4.53. The van der Waals surface area contributed by atoms with Gasteiger partial charge in [-0.05, 0) is 24.3 Å². The largest absolute Gasteiger partial charge is 0.497 e. The molecule has 2 heterocycles. The van der Waals surface area contributed by atoms with Gasteiger partial charge < -0.3 is 14.5 Å². The van der Waals surface area contributed by atoms with Crippen molar-refractivity contribution in [2.45, 2.75) is 0 Å². The quantitative estimate of drug-likeness (QED) is 0.747. The minimum absolute atomic E-state index is 0.106. The SMILES string of the molecule is COc1cccc(C(=O)c2cc3nc(OC)ccc3[nH]2)c1. The Labute approximate surface area is 121 Å². The van der Waals surface area contributed by atoms with Crippen LogP contribution in [0.3, 0.4) is 0 Å². The molecule has 0 radical (unpaired) electrons. The average molecular weight is 282 g/mol. The van der Waals surface area contributed by atoms with Crippen LogP contribution in [0, 0.1) is 0 Å². The van der Waals surface area contributed by atoms with E-state index in [-0.39, 0.29) is 5.78 Å². The number of hydrogen-bond acceptors (Lipinski definition) is 4. The summed E-state index contributed by atoms with van der Waals surface area (Å²) in [4.78, 5) is 19.9. The van der Waals surface area contributed by atoms with Crippen LogP contribution in [-0.4, -0.2) is 30.0 Å². The number of aromatic nitrogens is 2. The lowest BCUT2D eigenvalue weighted by molar-refractivity contribution is 0.103. The second kappa shape index (κ2) is 5.28. The molecular weight excluding hydrogens is 268 g/mol. The topological polar surface area (TPSA) is 64.2 Å².